The van der Waals surface area contributed by atoms with E-state index in [2.05, 4.69) is 10.6 Å². The number of ether oxygens (including phenoxy) is 1. The first-order valence-corrected chi connectivity index (χ1v) is 6.56. The summed E-state index contributed by atoms with van der Waals surface area (Å²) in [4.78, 5) is 33.3. The van der Waals surface area contributed by atoms with Crippen molar-refractivity contribution in [1.29, 1.82) is 0 Å². The van der Waals surface area contributed by atoms with Crippen LogP contribution in [0.3, 0.4) is 0 Å². The summed E-state index contributed by atoms with van der Waals surface area (Å²) in [6, 6.07) is 5.85. The molecule has 1 rings (SSSR count). The van der Waals surface area contributed by atoms with Crippen LogP contribution in [0.1, 0.15) is 30.1 Å². The van der Waals surface area contributed by atoms with Crippen molar-refractivity contribution in [3.63, 3.8) is 0 Å². The molecule has 0 aromatic heterocycles. The van der Waals surface area contributed by atoms with Crippen LogP contribution in [0.25, 0.3) is 0 Å². The van der Waals surface area contributed by atoms with Gasteiger partial charge in [-0.05, 0) is 37.6 Å². The van der Waals surface area contributed by atoms with Crippen LogP contribution in [0, 0.1) is 0 Å². The fourth-order valence-corrected chi connectivity index (χ4v) is 1.52. The summed E-state index contributed by atoms with van der Waals surface area (Å²) in [6.07, 6.45) is 0.374. The Labute approximate surface area is 122 Å². The van der Waals surface area contributed by atoms with E-state index in [0.717, 1.165) is 0 Å². The Balaban J connectivity index is 2.39. The third-order valence-corrected chi connectivity index (χ3v) is 2.51. The van der Waals surface area contributed by atoms with Crippen molar-refractivity contribution in [2.24, 2.45) is 0 Å². The van der Waals surface area contributed by atoms with Crippen LogP contribution >= 0.6 is 0 Å². The van der Waals surface area contributed by atoms with Crippen LogP contribution in [0.15, 0.2) is 24.3 Å². The number of anilines is 1. The number of hydrogen-bond acceptors (Lipinski definition) is 4. The Morgan fingerprint density at radius 1 is 1.19 bits per heavy atom. The van der Waals surface area contributed by atoms with E-state index in [0.29, 0.717) is 24.3 Å². The van der Waals surface area contributed by atoms with Crippen molar-refractivity contribution in [1.82, 2.24) is 5.32 Å². The molecule has 1 aromatic rings. The van der Waals surface area contributed by atoms with Crippen molar-refractivity contribution >= 4 is 23.7 Å². The number of nitrogens with one attached hydrogen (secondary N) is 2. The SMILES string of the molecule is CCOC(=O)c1ccc(NC(=O)NCCCC(=O)O)cc1. The highest BCUT2D eigenvalue weighted by Gasteiger charge is 2.07. The van der Waals surface area contributed by atoms with E-state index in [1.165, 1.54) is 0 Å². The molecule has 0 saturated carbocycles. The number of aliphatic carboxylic acids is 1. The van der Waals surface area contributed by atoms with Crippen molar-refractivity contribution in [3.8, 4) is 0 Å². The second-order valence-corrected chi connectivity index (χ2v) is 4.18. The molecule has 0 unspecified atom stereocenters. The first-order valence-electron chi connectivity index (χ1n) is 6.56. The molecule has 0 aliphatic carbocycles. The quantitative estimate of drug-likeness (QED) is 0.526. The lowest BCUT2D eigenvalue weighted by Gasteiger charge is -2.07. The zero-order chi connectivity index (χ0) is 15.7. The Morgan fingerprint density at radius 2 is 1.86 bits per heavy atom. The molecule has 0 heterocycles. The van der Waals surface area contributed by atoms with Crippen molar-refractivity contribution in [2.45, 2.75) is 19.8 Å². The number of carbonyl (C=O) groups excluding carboxylic acids is 2. The number of rotatable bonds is 7. The van der Waals surface area contributed by atoms with Crippen molar-refractivity contribution < 1.29 is 24.2 Å². The molecule has 0 aliphatic heterocycles. The number of esters is 1. The van der Waals surface area contributed by atoms with Gasteiger partial charge in [0, 0.05) is 18.7 Å². The van der Waals surface area contributed by atoms with Gasteiger partial charge in [-0.2, -0.15) is 0 Å². The van der Waals surface area contributed by atoms with Gasteiger partial charge in [-0.25, -0.2) is 9.59 Å². The highest BCUT2D eigenvalue weighted by Crippen LogP contribution is 2.10. The van der Waals surface area contributed by atoms with E-state index in [4.69, 9.17) is 9.84 Å². The molecule has 0 saturated heterocycles. The molecule has 0 spiro atoms. The molecule has 3 N–H and O–H groups in total. The predicted molar refractivity (Wildman–Crippen MR) is 76.3 cm³/mol. The molecule has 1 aromatic carbocycles. The summed E-state index contributed by atoms with van der Waals surface area (Å²) in [7, 11) is 0. The van der Waals surface area contributed by atoms with Gasteiger partial charge in [-0.1, -0.05) is 0 Å². The number of hydrogen-bond donors (Lipinski definition) is 3. The number of carbonyl (C=O) groups is 3. The maximum Gasteiger partial charge on any atom is 0.338 e. The predicted octanol–water partition coefficient (Wildman–Crippen LogP) is 1.85. The van der Waals surface area contributed by atoms with Gasteiger partial charge in [0.15, 0.2) is 0 Å². The first-order chi connectivity index (χ1) is 10.0. The number of carboxylic acid groups (broad SMARTS) is 1. The van der Waals surface area contributed by atoms with Crippen LogP contribution in [-0.4, -0.2) is 36.2 Å². The maximum atomic E-state index is 11.5. The van der Waals surface area contributed by atoms with Crippen molar-refractivity contribution in [2.75, 3.05) is 18.5 Å². The zero-order valence-corrected chi connectivity index (χ0v) is 11.7. The molecule has 0 atom stereocenters. The molecular weight excluding hydrogens is 276 g/mol. The summed E-state index contributed by atoms with van der Waals surface area (Å²) in [5.41, 5.74) is 0.933. The van der Waals surface area contributed by atoms with Gasteiger partial charge in [0.1, 0.15) is 0 Å². The van der Waals surface area contributed by atoms with Gasteiger partial charge < -0.3 is 20.5 Å². The van der Waals surface area contributed by atoms with Crippen LogP contribution in [0.5, 0.6) is 0 Å². The van der Waals surface area contributed by atoms with Crippen LogP contribution in [-0.2, 0) is 9.53 Å². The normalized spacial score (nSPS) is 9.76. The Bertz CT molecular complexity index is 499. The standard InChI is InChI=1S/C14H18N2O5/c1-2-21-13(19)10-5-7-11(8-6-10)16-14(20)15-9-3-4-12(17)18/h5-8H,2-4,9H2,1H3,(H,17,18)(H2,15,16,20). The summed E-state index contributed by atoms with van der Waals surface area (Å²) in [5, 5.41) is 13.6. The summed E-state index contributed by atoms with van der Waals surface area (Å²) in [6.45, 7) is 2.30. The minimum absolute atomic E-state index is 0.00845. The number of carboxylic acids is 1. The summed E-state index contributed by atoms with van der Waals surface area (Å²) in [5.74, 6) is -1.31. The fourth-order valence-electron chi connectivity index (χ4n) is 1.52. The average Bonchev–Trinajstić information content (AvgIpc) is 2.44. The van der Waals surface area contributed by atoms with Crippen LogP contribution < -0.4 is 10.6 Å². The van der Waals surface area contributed by atoms with Crippen LogP contribution in [0.4, 0.5) is 10.5 Å². The number of urea groups is 1. The monoisotopic (exact) mass is 294 g/mol. The highest BCUT2D eigenvalue weighted by atomic mass is 16.5. The fraction of sp³-hybridized carbons (Fsp3) is 0.357. The lowest BCUT2D eigenvalue weighted by atomic mass is 10.2. The minimum atomic E-state index is -0.897. The molecule has 7 nitrogen and oxygen atoms in total. The minimum Gasteiger partial charge on any atom is -0.481 e. The molecule has 2 amide bonds. The van der Waals surface area contributed by atoms with E-state index in [1.54, 1.807) is 31.2 Å². The lowest BCUT2D eigenvalue weighted by molar-refractivity contribution is -0.137. The Hall–Kier alpha value is -2.57. The second-order valence-electron chi connectivity index (χ2n) is 4.18. The maximum absolute atomic E-state index is 11.5. The molecule has 0 aliphatic rings. The van der Waals surface area contributed by atoms with Gasteiger partial charge in [-0.15, -0.1) is 0 Å². The Kier molecular flexibility index (Phi) is 6.73. The molecule has 21 heavy (non-hydrogen) atoms. The van der Waals surface area contributed by atoms with E-state index in [-0.39, 0.29) is 13.0 Å². The molecule has 114 valence electrons. The summed E-state index contributed by atoms with van der Waals surface area (Å²) >= 11 is 0. The molecular formula is C14H18N2O5. The van der Waals surface area contributed by atoms with Crippen LogP contribution in [0.2, 0.25) is 0 Å². The highest BCUT2D eigenvalue weighted by molar-refractivity contribution is 5.92. The number of amides is 2. The smallest absolute Gasteiger partial charge is 0.338 e. The lowest BCUT2D eigenvalue weighted by Crippen LogP contribution is -2.29. The molecule has 0 bridgehead atoms. The molecule has 0 radical (unpaired) electrons. The van der Waals surface area contributed by atoms with E-state index in [9.17, 15) is 14.4 Å². The van der Waals surface area contributed by atoms with Gasteiger partial charge in [0.25, 0.3) is 0 Å². The van der Waals surface area contributed by atoms with E-state index < -0.39 is 18.0 Å². The van der Waals surface area contributed by atoms with Crippen molar-refractivity contribution in [3.05, 3.63) is 29.8 Å². The second kappa shape index (κ2) is 8.57. The first kappa shape index (κ1) is 16.5. The average molecular weight is 294 g/mol. The Morgan fingerprint density at radius 3 is 2.43 bits per heavy atom. The number of benzene rings is 1. The van der Waals surface area contributed by atoms with E-state index in [1.807, 2.05) is 0 Å². The third kappa shape index (κ3) is 6.42. The molecule has 0 fully saturated rings. The zero-order valence-electron chi connectivity index (χ0n) is 11.7. The third-order valence-electron chi connectivity index (χ3n) is 2.51. The van der Waals surface area contributed by atoms with Gasteiger partial charge in [0.05, 0.1) is 12.2 Å². The largest absolute Gasteiger partial charge is 0.481 e. The van der Waals surface area contributed by atoms with E-state index >= 15 is 0 Å². The topological polar surface area (TPSA) is 105 Å². The van der Waals surface area contributed by atoms with Gasteiger partial charge in [-0.3, -0.25) is 4.79 Å². The summed E-state index contributed by atoms with van der Waals surface area (Å²) < 4.78 is 4.85. The van der Waals surface area contributed by atoms with Gasteiger partial charge >= 0.3 is 18.0 Å². The van der Waals surface area contributed by atoms with Gasteiger partial charge in [0.2, 0.25) is 0 Å². The molecule has 7 heteroatoms.